The van der Waals surface area contributed by atoms with Crippen LogP contribution < -0.4 is 0 Å². The number of amides is 1. The number of carboxylic acids is 1. The van der Waals surface area contributed by atoms with Gasteiger partial charge in [-0.25, -0.2) is 4.79 Å². The van der Waals surface area contributed by atoms with Gasteiger partial charge in [-0.1, -0.05) is 91.0 Å². The molecule has 36 heavy (non-hydrogen) atoms. The van der Waals surface area contributed by atoms with Gasteiger partial charge in [0.2, 0.25) is 0 Å². The van der Waals surface area contributed by atoms with Crippen LogP contribution in [0.5, 0.6) is 0 Å². The molecule has 0 aliphatic heterocycles. The summed E-state index contributed by atoms with van der Waals surface area (Å²) in [5, 5.41) is 9.47. The minimum atomic E-state index is -1.07. The summed E-state index contributed by atoms with van der Waals surface area (Å²) in [6.45, 7) is -0.0942. The number of aliphatic carboxylic acids is 1. The van der Waals surface area contributed by atoms with E-state index in [9.17, 15) is 14.7 Å². The topological polar surface area (TPSA) is 66.8 Å². The Hall–Kier alpha value is -4.38. The zero-order valence-corrected chi connectivity index (χ0v) is 19.7. The first kappa shape index (κ1) is 22.1. The number of hydrogen-bond acceptors (Lipinski definition) is 3. The molecule has 2 aliphatic rings. The molecule has 0 spiro atoms. The van der Waals surface area contributed by atoms with Crippen molar-refractivity contribution in [2.24, 2.45) is 0 Å². The van der Waals surface area contributed by atoms with E-state index in [1.807, 2.05) is 42.5 Å². The van der Waals surface area contributed by atoms with Crippen LogP contribution >= 0.6 is 0 Å². The Kier molecular flexibility index (Phi) is 5.53. The van der Waals surface area contributed by atoms with Crippen molar-refractivity contribution >= 4 is 12.1 Å². The number of benzene rings is 4. The van der Waals surface area contributed by atoms with Crippen LogP contribution in [0.1, 0.15) is 33.7 Å². The molecule has 0 aromatic heterocycles. The summed E-state index contributed by atoms with van der Waals surface area (Å²) in [4.78, 5) is 26.0. The summed E-state index contributed by atoms with van der Waals surface area (Å²) in [6.07, 6.45) is 0.214. The molecule has 178 valence electrons. The van der Waals surface area contributed by atoms with Crippen molar-refractivity contribution in [2.45, 2.75) is 18.9 Å². The molecule has 4 aromatic carbocycles. The third-order valence-corrected chi connectivity index (χ3v) is 7.15. The number of hydrogen-bond donors (Lipinski definition) is 1. The van der Waals surface area contributed by atoms with E-state index in [0.29, 0.717) is 0 Å². The normalized spacial score (nSPS) is 12.9. The van der Waals surface area contributed by atoms with Crippen LogP contribution in [0.3, 0.4) is 0 Å². The minimum absolute atomic E-state index is 0.0773. The summed E-state index contributed by atoms with van der Waals surface area (Å²) in [7, 11) is 0. The van der Waals surface area contributed by atoms with E-state index in [1.54, 1.807) is 0 Å². The molecule has 1 amide bonds. The van der Waals surface area contributed by atoms with Crippen molar-refractivity contribution in [3.8, 4) is 22.3 Å². The Morgan fingerprint density at radius 1 is 0.778 bits per heavy atom. The minimum Gasteiger partial charge on any atom is -0.480 e. The van der Waals surface area contributed by atoms with Gasteiger partial charge in [-0.2, -0.15) is 0 Å². The van der Waals surface area contributed by atoms with Gasteiger partial charge in [-0.3, -0.25) is 9.69 Å². The van der Waals surface area contributed by atoms with Crippen molar-refractivity contribution in [2.75, 3.05) is 13.2 Å². The SMILES string of the molecule is O=C(O)CN(Cc1ccc2c(c1)Cc1ccccc1-2)C(=O)OCC1c2ccccc2-c2ccccc21. The lowest BCUT2D eigenvalue weighted by Crippen LogP contribution is -2.36. The van der Waals surface area contributed by atoms with Crippen LogP contribution in [0.25, 0.3) is 22.3 Å². The summed E-state index contributed by atoms with van der Waals surface area (Å²) >= 11 is 0. The Balaban J connectivity index is 1.20. The molecule has 0 unspecified atom stereocenters. The summed E-state index contributed by atoms with van der Waals surface area (Å²) in [5.74, 6) is -1.15. The second-order valence-electron chi connectivity index (χ2n) is 9.38. The molecule has 6 rings (SSSR count). The highest BCUT2D eigenvalue weighted by molar-refractivity contribution is 5.80. The fourth-order valence-corrected chi connectivity index (χ4v) is 5.55. The number of rotatable bonds is 6. The van der Waals surface area contributed by atoms with E-state index in [1.165, 1.54) is 27.2 Å². The molecule has 0 fully saturated rings. The lowest BCUT2D eigenvalue weighted by atomic mass is 9.98. The summed E-state index contributed by atoms with van der Waals surface area (Å²) in [5.41, 5.74) is 10.3. The third kappa shape index (κ3) is 3.93. The Morgan fingerprint density at radius 2 is 1.39 bits per heavy atom. The molecule has 0 bridgehead atoms. The highest BCUT2D eigenvalue weighted by Crippen LogP contribution is 2.44. The zero-order chi connectivity index (χ0) is 24.6. The number of carboxylic acid groups (broad SMARTS) is 1. The molecular weight excluding hydrogens is 450 g/mol. The second kappa shape index (κ2) is 9.00. The van der Waals surface area contributed by atoms with Gasteiger partial charge in [0.25, 0.3) is 0 Å². The van der Waals surface area contributed by atoms with E-state index < -0.39 is 18.6 Å². The molecule has 0 saturated heterocycles. The highest BCUT2D eigenvalue weighted by Gasteiger charge is 2.30. The first-order chi connectivity index (χ1) is 17.6. The Bertz CT molecular complexity index is 1450. The van der Waals surface area contributed by atoms with E-state index >= 15 is 0 Å². The van der Waals surface area contributed by atoms with Crippen molar-refractivity contribution in [3.05, 3.63) is 119 Å². The highest BCUT2D eigenvalue weighted by atomic mass is 16.6. The van der Waals surface area contributed by atoms with Crippen molar-refractivity contribution in [1.82, 2.24) is 4.90 Å². The van der Waals surface area contributed by atoms with E-state index in [-0.39, 0.29) is 19.1 Å². The van der Waals surface area contributed by atoms with Gasteiger partial charge >= 0.3 is 12.1 Å². The monoisotopic (exact) mass is 475 g/mol. The van der Waals surface area contributed by atoms with Crippen molar-refractivity contribution < 1.29 is 19.4 Å². The molecule has 0 heterocycles. The fraction of sp³-hybridized carbons (Fsp3) is 0.161. The number of carbonyl (C=O) groups excluding carboxylic acids is 1. The maximum Gasteiger partial charge on any atom is 0.410 e. The van der Waals surface area contributed by atoms with Crippen LogP contribution in [0, 0.1) is 0 Å². The molecule has 0 saturated carbocycles. The predicted molar refractivity (Wildman–Crippen MR) is 138 cm³/mol. The first-order valence-corrected chi connectivity index (χ1v) is 12.1. The Morgan fingerprint density at radius 3 is 2.08 bits per heavy atom. The molecule has 5 heteroatoms. The van der Waals surface area contributed by atoms with Crippen LogP contribution in [0.2, 0.25) is 0 Å². The van der Waals surface area contributed by atoms with Crippen LogP contribution in [-0.2, 0) is 22.5 Å². The van der Waals surface area contributed by atoms with Crippen LogP contribution in [-0.4, -0.2) is 35.2 Å². The molecule has 2 aliphatic carbocycles. The average Bonchev–Trinajstić information content (AvgIpc) is 3.42. The maximum atomic E-state index is 13.1. The molecule has 4 aromatic rings. The second-order valence-corrected chi connectivity index (χ2v) is 9.38. The first-order valence-electron chi connectivity index (χ1n) is 12.1. The number of nitrogens with zero attached hydrogens (tertiary/aromatic N) is 1. The summed E-state index contributed by atoms with van der Waals surface area (Å²) in [6, 6.07) is 30.7. The molecular formula is C31H25NO4. The van der Waals surface area contributed by atoms with Crippen molar-refractivity contribution in [1.29, 1.82) is 0 Å². The lowest BCUT2D eigenvalue weighted by molar-refractivity contribution is -0.138. The van der Waals surface area contributed by atoms with Crippen molar-refractivity contribution in [3.63, 3.8) is 0 Å². The van der Waals surface area contributed by atoms with E-state index in [0.717, 1.165) is 34.2 Å². The van der Waals surface area contributed by atoms with Gasteiger partial charge in [0.1, 0.15) is 13.2 Å². The maximum absolute atomic E-state index is 13.1. The largest absolute Gasteiger partial charge is 0.480 e. The number of carbonyl (C=O) groups is 2. The van der Waals surface area contributed by atoms with Gasteiger partial charge in [0.05, 0.1) is 0 Å². The van der Waals surface area contributed by atoms with Gasteiger partial charge in [-0.15, -0.1) is 0 Å². The van der Waals surface area contributed by atoms with Gasteiger partial charge in [0, 0.05) is 12.5 Å². The smallest absolute Gasteiger partial charge is 0.410 e. The lowest BCUT2D eigenvalue weighted by Gasteiger charge is -2.22. The summed E-state index contributed by atoms with van der Waals surface area (Å²) < 4.78 is 5.74. The van der Waals surface area contributed by atoms with Gasteiger partial charge in [0.15, 0.2) is 0 Å². The molecule has 0 atom stereocenters. The molecule has 0 radical (unpaired) electrons. The van der Waals surface area contributed by atoms with Gasteiger partial charge < -0.3 is 9.84 Å². The van der Waals surface area contributed by atoms with E-state index in [4.69, 9.17) is 4.74 Å². The average molecular weight is 476 g/mol. The van der Waals surface area contributed by atoms with Crippen LogP contribution in [0.15, 0.2) is 91.0 Å². The standard InChI is InChI=1S/C31H25NO4/c33-30(34)18-32(17-20-13-14-24-22(15-20)16-21-7-1-2-8-23(21)24)31(35)36-19-29-27-11-5-3-9-25(27)26-10-4-6-12-28(26)29/h1-15,29H,16-19H2,(H,33,34). The third-order valence-electron chi connectivity index (χ3n) is 7.15. The van der Waals surface area contributed by atoms with E-state index in [2.05, 4.69) is 48.5 Å². The van der Waals surface area contributed by atoms with Gasteiger partial charge in [-0.05, 0) is 56.5 Å². The molecule has 5 nitrogen and oxygen atoms in total. The Labute approximate surface area is 209 Å². The number of fused-ring (bicyclic) bond motifs is 6. The quantitative estimate of drug-likeness (QED) is 0.323. The fourth-order valence-electron chi connectivity index (χ4n) is 5.55. The molecule has 1 N–H and O–H groups in total. The predicted octanol–water partition coefficient (Wildman–Crippen LogP) is 6.09. The zero-order valence-electron chi connectivity index (χ0n) is 19.7. The van der Waals surface area contributed by atoms with Crippen LogP contribution in [0.4, 0.5) is 4.79 Å². The number of ether oxygens (including phenoxy) is 1.